The highest BCUT2D eigenvalue weighted by Crippen LogP contribution is 2.33. The minimum atomic E-state index is -0.999. The van der Waals surface area contributed by atoms with Crippen molar-refractivity contribution in [3.8, 4) is 11.8 Å². The van der Waals surface area contributed by atoms with Crippen LogP contribution in [0.5, 0.6) is 0 Å². The van der Waals surface area contributed by atoms with Gasteiger partial charge in [-0.2, -0.15) is 0 Å². The van der Waals surface area contributed by atoms with Gasteiger partial charge in [0.1, 0.15) is 12.2 Å². The van der Waals surface area contributed by atoms with Crippen molar-refractivity contribution in [2.24, 2.45) is 5.92 Å². The van der Waals surface area contributed by atoms with Crippen LogP contribution in [0.4, 0.5) is 0 Å². The summed E-state index contributed by atoms with van der Waals surface area (Å²) in [5, 5.41) is 19.1. The van der Waals surface area contributed by atoms with E-state index in [0.29, 0.717) is 0 Å². The highest BCUT2D eigenvalue weighted by atomic mass is 16.5. The summed E-state index contributed by atoms with van der Waals surface area (Å²) in [5.74, 6) is 4.77. The minimum absolute atomic E-state index is 0.377. The van der Waals surface area contributed by atoms with Crippen LogP contribution in [-0.4, -0.2) is 38.6 Å². The molecule has 7 nitrogen and oxygen atoms in total. The van der Waals surface area contributed by atoms with Gasteiger partial charge in [0, 0.05) is 12.3 Å². The number of aliphatic hydroxyl groups excluding tert-OH is 2. The molecule has 1 aliphatic heterocycles. The van der Waals surface area contributed by atoms with Crippen LogP contribution in [0.15, 0.2) is 21.9 Å². The summed E-state index contributed by atoms with van der Waals surface area (Å²) in [6.45, 7) is 1.23. The molecule has 3 N–H and O–H groups in total. The molecule has 102 valence electrons. The van der Waals surface area contributed by atoms with E-state index in [1.807, 2.05) is 0 Å². The molecule has 7 heteroatoms. The van der Waals surface area contributed by atoms with Gasteiger partial charge in [-0.3, -0.25) is 14.3 Å². The molecule has 0 unspecified atom stereocenters. The SMILES string of the molecule is CC#C[C@@H]1[C@H](O)[C@@H](CO)O[C@H]1n1ccc(=O)[nH]c1=O. The Morgan fingerprint density at radius 2 is 2.26 bits per heavy atom. The molecule has 2 heterocycles. The summed E-state index contributed by atoms with van der Waals surface area (Å²) < 4.78 is 6.58. The Labute approximate surface area is 108 Å². The maximum atomic E-state index is 11.7. The maximum Gasteiger partial charge on any atom is 0.330 e. The summed E-state index contributed by atoms with van der Waals surface area (Å²) in [6, 6.07) is 1.18. The van der Waals surface area contributed by atoms with Crippen molar-refractivity contribution in [1.29, 1.82) is 0 Å². The third-order valence-corrected chi connectivity index (χ3v) is 2.99. The molecule has 19 heavy (non-hydrogen) atoms. The fourth-order valence-electron chi connectivity index (χ4n) is 2.08. The summed E-state index contributed by atoms with van der Waals surface area (Å²) in [5.41, 5.74) is -1.16. The van der Waals surface area contributed by atoms with Crippen LogP contribution in [0.3, 0.4) is 0 Å². The van der Waals surface area contributed by atoms with E-state index in [0.717, 1.165) is 4.57 Å². The third-order valence-electron chi connectivity index (χ3n) is 2.99. The first kappa shape index (κ1) is 13.5. The van der Waals surface area contributed by atoms with Crippen LogP contribution in [-0.2, 0) is 4.74 Å². The van der Waals surface area contributed by atoms with Gasteiger partial charge in [-0.1, -0.05) is 5.92 Å². The number of aromatic amines is 1. The molecule has 4 atom stereocenters. The van der Waals surface area contributed by atoms with E-state index in [-0.39, 0.29) is 6.61 Å². The number of nitrogens with one attached hydrogen (secondary N) is 1. The lowest BCUT2D eigenvalue weighted by atomic mass is 10.0. The second kappa shape index (κ2) is 5.40. The molecule has 0 radical (unpaired) electrons. The van der Waals surface area contributed by atoms with Gasteiger partial charge < -0.3 is 14.9 Å². The van der Waals surface area contributed by atoms with E-state index in [4.69, 9.17) is 9.84 Å². The van der Waals surface area contributed by atoms with Crippen LogP contribution in [0.1, 0.15) is 13.2 Å². The molecular weight excluding hydrogens is 252 g/mol. The molecule has 1 fully saturated rings. The second-order valence-electron chi connectivity index (χ2n) is 4.18. The average molecular weight is 266 g/mol. The van der Waals surface area contributed by atoms with E-state index in [2.05, 4.69) is 16.8 Å². The van der Waals surface area contributed by atoms with Crippen molar-refractivity contribution in [3.05, 3.63) is 33.1 Å². The monoisotopic (exact) mass is 266 g/mol. The number of aromatic nitrogens is 2. The lowest BCUT2D eigenvalue weighted by molar-refractivity contribution is -0.0469. The molecule has 0 aliphatic carbocycles. The Bertz CT molecular complexity index is 623. The molecule has 0 amide bonds. The van der Waals surface area contributed by atoms with Crippen molar-refractivity contribution >= 4 is 0 Å². The molecule has 0 saturated carbocycles. The Morgan fingerprint density at radius 3 is 2.84 bits per heavy atom. The van der Waals surface area contributed by atoms with Gasteiger partial charge in [-0.15, -0.1) is 5.92 Å². The largest absolute Gasteiger partial charge is 0.394 e. The van der Waals surface area contributed by atoms with Gasteiger partial charge in [-0.25, -0.2) is 4.79 Å². The maximum absolute atomic E-state index is 11.7. The van der Waals surface area contributed by atoms with Crippen LogP contribution < -0.4 is 11.2 Å². The molecular formula is C12H14N2O5. The van der Waals surface area contributed by atoms with Gasteiger partial charge in [0.05, 0.1) is 12.5 Å². The molecule has 1 aromatic heterocycles. The van der Waals surface area contributed by atoms with E-state index in [9.17, 15) is 14.7 Å². The summed E-state index contributed by atoms with van der Waals surface area (Å²) >= 11 is 0. The summed E-state index contributed by atoms with van der Waals surface area (Å²) in [6.07, 6.45) is -1.37. The number of nitrogens with zero attached hydrogens (tertiary/aromatic N) is 1. The number of hydrogen-bond donors (Lipinski definition) is 3. The number of ether oxygens (including phenoxy) is 1. The van der Waals surface area contributed by atoms with Gasteiger partial charge in [-0.05, 0) is 6.92 Å². The van der Waals surface area contributed by atoms with E-state index in [1.165, 1.54) is 12.3 Å². The molecule has 0 aromatic carbocycles. The van der Waals surface area contributed by atoms with E-state index in [1.54, 1.807) is 6.92 Å². The number of aliphatic hydroxyl groups is 2. The zero-order valence-corrected chi connectivity index (χ0v) is 10.2. The normalized spacial score (nSPS) is 29.8. The number of rotatable bonds is 2. The van der Waals surface area contributed by atoms with E-state index >= 15 is 0 Å². The highest BCUT2D eigenvalue weighted by Gasteiger charge is 2.43. The fourth-order valence-corrected chi connectivity index (χ4v) is 2.08. The second-order valence-corrected chi connectivity index (χ2v) is 4.18. The highest BCUT2D eigenvalue weighted by molar-refractivity contribution is 5.10. The van der Waals surface area contributed by atoms with Crippen molar-refractivity contribution < 1.29 is 14.9 Å². The van der Waals surface area contributed by atoms with Crippen molar-refractivity contribution in [2.45, 2.75) is 25.4 Å². The first-order valence-electron chi connectivity index (χ1n) is 5.76. The Balaban J connectivity index is 2.43. The average Bonchev–Trinajstić information content (AvgIpc) is 2.68. The van der Waals surface area contributed by atoms with Crippen LogP contribution in [0.25, 0.3) is 0 Å². The lowest BCUT2D eigenvalue weighted by Gasteiger charge is -2.17. The van der Waals surface area contributed by atoms with Crippen LogP contribution in [0.2, 0.25) is 0 Å². The van der Waals surface area contributed by atoms with E-state index < -0.39 is 35.6 Å². The molecule has 1 aromatic rings. The van der Waals surface area contributed by atoms with Crippen molar-refractivity contribution in [1.82, 2.24) is 9.55 Å². The van der Waals surface area contributed by atoms with Gasteiger partial charge >= 0.3 is 5.69 Å². The quantitative estimate of drug-likeness (QED) is 0.561. The molecule has 0 bridgehead atoms. The zero-order chi connectivity index (χ0) is 14.0. The Kier molecular flexibility index (Phi) is 3.85. The fraction of sp³-hybridized carbons (Fsp3) is 0.500. The molecule has 0 spiro atoms. The summed E-state index contributed by atoms with van der Waals surface area (Å²) in [7, 11) is 0. The number of H-pyrrole nitrogens is 1. The predicted molar refractivity (Wildman–Crippen MR) is 65.3 cm³/mol. The van der Waals surface area contributed by atoms with Gasteiger partial charge in [0.2, 0.25) is 0 Å². The Hall–Kier alpha value is -1.88. The smallest absolute Gasteiger partial charge is 0.330 e. The Morgan fingerprint density at radius 1 is 1.53 bits per heavy atom. The van der Waals surface area contributed by atoms with Gasteiger partial charge in [0.25, 0.3) is 5.56 Å². The first-order chi connectivity index (χ1) is 9.08. The predicted octanol–water partition coefficient (Wildman–Crippen LogP) is -1.57. The van der Waals surface area contributed by atoms with Crippen molar-refractivity contribution in [3.63, 3.8) is 0 Å². The molecule has 1 aliphatic rings. The van der Waals surface area contributed by atoms with Gasteiger partial charge in [0.15, 0.2) is 6.23 Å². The molecule has 1 saturated heterocycles. The molecule has 2 rings (SSSR count). The van der Waals surface area contributed by atoms with Crippen LogP contribution >= 0.6 is 0 Å². The van der Waals surface area contributed by atoms with Crippen LogP contribution in [0, 0.1) is 17.8 Å². The summed E-state index contributed by atoms with van der Waals surface area (Å²) in [4.78, 5) is 24.8. The third kappa shape index (κ3) is 2.46. The number of hydrogen-bond acceptors (Lipinski definition) is 5. The zero-order valence-electron chi connectivity index (χ0n) is 10.2. The lowest BCUT2D eigenvalue weighted by Crippen LogP contribution is -2.34. The standard InChI is InChI=1S/C12H14N2O5/c1-2-3-7-10(17)8(6-15)19-11(7)14-5-4-9(16)13-12(14)18/h4-5,7-8,10-11,15,17H,6H2,1H3,(H,13,16,18)/t7-,8-,10+,11-/m1/s1. The van der Waals surface area contributed by atoms with Crippen molar-refractivity contribution in [2.75, 3.05) is 6.61 Å². The minimum Gasteiger partial charge on any atom is -0.394 e. The topological polar surface area (TPSA) is 105 Å². The first-order valence-corrected chi connectivity index (χ1v) is 5.76.